The molecule has 0 unspecified atom stereocenters. The number of benzene rings is 2. The predicted octanol–water partition coefficient (Wildman–Crippen LogP) is 5.16. The molecule has 2 aromatic carbocycles. The first-order valence-electron chi connectivity index (χ1n) is 9.61. The van der Waals surface area contributed by atoms with E-state index in [4.69, 9.17) is 17.3 Å². The fourth-order valence-electron chi connectivity index (χ4n) is 2.99. The zero-order valence-electron chi connectivity index (χ0n) is 16.4. The highest BCUT2D eigenvalue weighted by atomic mass is 35.5. The summed E-state index contributed by atoms with van der Waals surface area (Å²) in [7, 11) is 0. The Kier molecular flexibility index (Phi) is 6.41. The number of amides is 1. The van der Waals surface area contributed by atoms with E-state index in [1.807, 2.05) is 18.2 Å². The number of nitrogens with zero attached hydrogens (tertiary/aromatic N) is 2. The van der Waals surface area contributed by atoms with Gasteiger partial charge in [-0.1, -0.05) is 35.1 Å². The van der Waals surface area contributed by atoms with Crippen LogP contribution >= 0.6 is 22.9 Å². The highest BCUT2D eigenvalue weighted by Gasteiger charge is 2.12. The molecule has 2 heterocycles. The molecule has 0 saturated carbocycles. The van der Waals surface area contributed by atoms with E-state index in [9.17, 15) is 9.18 Å². The lowest BCUT2D eigenvalue weighted by Gasteiger charge is -2.09. The van der Waals surface area contributed by atoms with Gasteiger partial charge in [0.05, 0.1) is 15.9 Å². The van der Waals surface area contributed by atoms with E-state index in [-0.39, 0.29) is 10.7 Å². The Morgan fingerprint density at radius 3 is 2.84 bits per heavy atom. The van der Waals surface area contributed by atoms with Crippen LogP contribution in [0.1, 0.15) is 16.8 Å². The third-order valence-electron chi connectivity index (χ3n) is 4.55. The van der Waals surface area contributed by atoms with Crippen molar-refractivity contribution < 1.29 is 9.18 Å². The molecule has 0 spiro atoms. The van der Waals surface area contributed by atoms with Gasteiger partial charge in [-0.05, 0) is 54.9 Å². The van der Waals surface area contributed by atoms with Gasteiger partial charge in [0.15, 0.2) is 10.3 Å². The molecule has 0 saturated heterocycles. The first kappa shape index (κ1) is 21.2. The van der Waals surface area contributed by atoms with Gasteiger partial charge in [-0.3, -0.25) is 4.79 Å². The van der Waals surface area contributed by atoms with Crippen LogP contribution in [-0.4, -0.2) is 29.0 Å². The second-order valence-electron chi connectivity index (χ2n) is 6.80. The molecular formula is C22H19ClFN5OS. The Morgan fingerprint density at radius 1 is 1.16 bits per heavy atom. The van der Waals surface area contributed by atoms with Crippen molar-refractivity contribution in [2.45, 2.75) is 6.42 Å². The van der Waals surface area contributed by atoms with Crippen LogP contribution in [0.3, 0.4) is 0 Å². The summed E-state index contributed by atoms with van der Waals surface area (Å²) in [5, 5.41) is 6.98. The molecule has 0 bridgehead atoms. The van der Waals surface area contributed by atoms with Crippen LogP contribution in [0, 0.1) is 5.82 Å². The van der Waals surface area contributed by atoms with Crippen LogP contribution in [-0.2, 0) is 0 Å². The summed E-state index contributed by atoms with van der Waals surface area (Å²) in [6, 6.07) is 13.1. The Bertz CT molecular complexity index is 1250. The van der Waals surface area contributed by atoms with Crippen molar-refractivity contribution in [1.82, 2.24) is 9.97 Å². The van der Waals surface area contributed by atoms with Crippen LogP contribution in [0.4, 0.5) is 15.2 Å². The fraction of sp³-hybridized carbons (Fsp3) is 0.136. The lowest BCUT2D eigenvalue weighted by Crippen LogP contribution is -2.12. The number of fused-ring (bicyclic) bond motifs is 1. The van der Waals surface area contributed by atoms with Crippen LogP contribution < -0.4 is 16.4 Å². The first-order valence-corrected chi connectivity index (χ1v) is 10.8. The van der Waals surface area contributed by atoms with Crippen molar-refractivity contribution >= 4 is 49.9 Å². The summed E-state index contributed by atoms with van der Waals surface area (Å²) >= 11 is 7.74. The third-order valence-corrected chi connectivity index (χ3v) is 5.83. The highest BCUT2D eigenvalue weighted by Crippen LogP contribution is 2.32. The zero-order valence-corrected chi connectivity index (χ0v) is 17.9. The van der Waals surface area contributed by atoms with E-state index in [1.165, 1.54) is 18.2 Å². The summed E-state index contributed by atoms with van der Waals surface area (Å²) < 4.78 is 14.4. The minimum atomic E-state index is -0.486. The smallest absolute Gasteiger partial charge is 0.255 e. The molecule has 4 N–H and O–H groups in total. The molecule has 0 aliphatic rings. The van der Waals surface area contributed by atoms with Crippen LogP contribution in [0.2, 0.25) is 5.15 Å². The summed E-state index contributed by atoms with van der Waals surface area (Å²) in [5.41, 5.74) is 8.67. The molecule has 0 radical (unpaired) electrons. The van der Waals surface area contributed by atoms with Gasteiger partial charge in [-0.15, -0.1) is 0 Å². The highest BCUT2D eigenvalue weighted by molar-refractivity contribution is 7.22. The predicted molar refractivity (Wildman–Crippen MR) is 124 cm³/mol. The molecule has 4 aromatic rings. The second kappa shape index (κ2) is 9.38. The number of carbonyl (C=O) groups is 1. The molecule has 1 amide bonds. The maximum absolute atomic E-state index is 13.4. The molecule has 158 valence electrons. The van der Waals surface area contributed by atoms with Crippen LogP contribution in [0.15, 0.2) is 54.7 Å². The van der Waals surface area contributed by atoms with Crippen molar-refractivity contribution in [3.05, 3.63) is 71.3 Å². The van der Waals surface area contributed by atoms with E-state index >= 15 is 0 Å². The number of hydrogen-bond acceptors (Lipinski definition) is 6. The van der Waals surface area contributed by atoms with E-state index in [2.05, 4.69) is 20.6 Å². The van der Waals surface area contributed by atoms with Crippen LogP contribution in [0.25, 0.3) is 21.3 Å². The number of anilines is 2. The summed E-state index contributed by atoms with van der Waals surface area (Å²) in [6.07, 6.45) is 2.52. The van der Waals surface area contributed by atoms with E-state index in [0.29, 0.717) is 12.2 Å². The second-order valence-corrected chi connectivity index (χ2v) is 8.19. The van der Waals surface area contributed by atoms with Gasteiger partial charge in [0.1, 0.15) is 5.82 Å². The number of carbonyl (C=O) groups excluding carboxylic acids is 1. The normalized spacial score (nSPS) is 10.9. The van der Waals surface area contributed by atoms with Crippen molar-refractivity contribution in [2.75, 3.05) is 23.7 Å². The van der Waals surface area contributed by atoms with E-state index in [0.717, 1.165) is 45.5 Å². The largest absolute Gasteiger partial charge is 0.361 e. The van der Waals surface area contributed by atoms with E-state index < -0.39 is 11.7 Å². The Labute approximate surface area is 187 Å². The molecule has 4 rings (SSSR count). The minimum Gasteiger partial charge on any atom is -0.361 e. The van der Waals surface area contributed by atoms with Gasteiger partial charge < -0.3 is 16.4 Å². The number of aromatic nitrogens is 2. The number of pyridine rings is 1. The topological polar surface area (TPSA) is 92.9 Å². The first-order chi connectivity index (χ1) is 15.0. The number of rotatable bonds is 7. The molecule has 6 nitrogen and oxygen atoms in total. The molecule has 0 atom stereocenters. The number of thiazole rings is 1. The minimum absolute atomic E-state index is 0.152. The molecule has 9 heteroatoms. The van der Waals surface area contributed by atoms with Gasteiger partial charge in [0.2, 0.25) is 0 Å². The molecule has 0 aliphatic carbocycles. The van der Waals surface area contributed by atoms with Crippen molar-refractivity contribution in [2.24, 2.45) is 5.73 Å². The maximum Gasteiger partial charge on any atom is 0.255 e. The lowest BCUT2D eigenvalue weighted by atomic mass is 10.1. The third kappa shape index (κ3) is 4.99. The standard InChI is InChI=1S/C22H19ClFN5OS/c23-20-18(28-21(30)14-3-1-4-16(24)9-14)10-15(12-27-20)13-5-6-17-19(11-13)31-22(29-17)26-8-2-7-25/h1,3-6,9-12H,2,7-8,25H2,(H,26,29)(H,28,30). The number of hydrogen-bond donors (Lipinski definition) is 3. The van der Waals surface area contributed by atoms with Gasteiger partial charge in [-0.2, -0.15) is 0 Å². The summed E-state index contributed by atoms with van der Waals surface area (Å²) in [5.74, 6) is -0.952. The average molecular weight is 456 g/mol. The quantitative estimate of drug-likeness (QED) is 0.264. The van der Waals surface area contributed by atoms with Gasteiger partial charge in [-0.25, -0.2) is 14.4 Å². The molecule has 0 fully saturated rings. The molecular weight excluding hydrogens is 437 g/mol. The van der Waals surface area contributed by atoms with E-state index in [1.54, 1.807) is 23.6 Å². The summed E-state index contributed by atoms with van der Waals surface area (Å²) in [4.78, 5) is 21.2. The number of halogens is 2. The van der Waals surface area contributed by atoms with Gasteiger partial charge in [0, 0.05) is 23.9 Å². The Balaban J connectivity index is 1.58. The molecule has 31 heavy (non-hydrogen) atoms. The zero-order chi connectivity index (χ0) is 21.8. The van der Waals surface area contributed by atoms with Gasteiger partial charge in [0.25, 0.3) is 5.91 Å². The molecule has 0 aliphatic heterocycles. The van der Waals surface area contributed by atoms with Crippen molar-refractivity contribution in [3.8, 4) is 11.1 Å². The number of nitrogens with one attached hydrogen (secondary N) is 2. The van der Waals surface area contributed by atoms with Crippen molar-refractivity contribution in [1.29, 1.82) is 0 Å². The SMILES string of the molecule is NCCCNc1nc2ccc(-c3cnc(Cl)c(NC(=O)c4cccc(F)c4)c3)cc2s1. The Hall–Kier alpha value is -3.07. The lowest BCUT2D eigenvalue weighted by molar-refractivity contribution is 0.102. The number of nitrogens with two attached hydrogens (primary N) is 1. The maximum atomic E-state index is 13.4. The fourth-order valence-corrected chi connectivity index (χ4v) is 4.08. The van der Waals surface area contributed by atoms with Gasteiger partial charge >= 0.3 is 0 Å². The Morgan fingerprint density at radius 2 is 2.03 bits per heavy atom. The van der Waals surface area contributed by atoms with Crippen LogP contribution in [0.5, 0.6) is 0 Å². The van der Waals surface area contributed by atoms with Crippen molar-refractivity contribution in [3.63, 3.8) is 0 Å². The monoisotopic (exact) mass is 455 g/mol. The molecule has 2 aromatic heterocycles. The average Bonchev–Trinajstić information content (AvgIpc) is 3.17. The summed E-state index contributed by atoms with van der Waals surface area (Å²) in [6.45, 7) is 1.41.